The van der Waals surface area contributed by atoms with Gasteiger partial charge in [0.1, 0.15) is 11.6 Å². The Morgan fingerprint density at radius 1 is 1.11 bits per heavy atom. The van der Waals surface area contributed by atoms with Crippen LogP contribution in [-0.4, -0.2) is 23.1 Å². The molecule has 2 heterocycles. The zero-order valence-electron chi connectivity index (χ0n) is 15.4. The van der Waals surface area contributed by atoms with Crippen LogP contribution in [0.15, 0.2) is 42.2 Å². The first-order valence-corrected chi connectivity index (χ1v) is 10.1. The molecule has 2 saturated heterocycles. The maximum absolute atomic E-state index is 13.9. The van der Waals surface area contributed by atoms with Gasteiger partial charge in [-0.15, -0.1) is 0 Å². The highest BCUT2D eigenvalue weighted by atomic mass is 35.5. The number of Topliss-reactive ketones (excluding diaryl/α,β-unsaturated/α-hetero) is 1. The molecule has 2 bridgehead atoms. The van der Waals surface area contributed by atoms with Crippen LogP contribution in [0.3, 0.4) is 0 Å². The summed E-state index contributed by atoms with van der Waals surface area (Å²) in [6.45, 7) is 2.02. The zero-order chi connectivity index (χ0) is 19.6. The molecule has 0 unspecified atom stereocenters. The number of halogens is 2. The SMILES string of the molecule is CCc1ccc(-c2ccc(Cl)c(F)c2)cc1C1=C(O)[C@H]2[C@@H](C1=O)[C@@H]1CC[C@H]2O1. The lowest BCUT2D eigenvalue weighted by Crippen LogP contribution is -2.29. The lowest BCUT2D eigenvalue weighted by Gasteiger charge is -2.19. The third kappa shape index (κ3) is 2.48. The first-order valence-electron chi connectivity index (χ1n) is 9.71. The first-order chi connectivity index (χ1) is 13.5. The van der Waals surface area contributed by atoms with Gasteiger partial charge in [0.25, 0.3) is 0 Å². The number of hydrogen-bond acceptors (Lipinski definition) is 3. The molecule has 28 heavy (non-hydrogen) atoms. The third-order valence-corrected chi connectivity index (χ3v) is 6.71. The van der Waals surface area contributed by atoms with Crippen LogP contribution in [0.5, 0.6) is 0 Å². The van der Waals surface area contributed by atoms with Crippen molar-refractivity contribution in [2.45, 2.75) is 38.4 Å². The van der Waals surface area contributed by atoms with Crippen LogP contribution >= 0.6 is 11.6 Å². The maximum atomic E-state index is 13.9. The van der Waals surface area contributed by atoms with E-state index in [2.05, 4.69) is 0 Å². The number of carbonyl (C=O) groups excluding carboxylic acids is 1. The van der Waals surface area contributed by atoms with Crippen LogP contribution in [-0.2, 0) is 16.0 Å². The second-order valence-electron chi connectivity index (χ2n) is 7.82. The Kier molecular flexibility index (Phi) is 4.11. The Bertz CT molecular complexity index is 1030. The van der Waals surface area contributed by atoms with Crippen molar-refractivity contribution in [2.75, 3.05) is 0 Å². The molecule has 5 heteroatoms. The Morgan fingerprint density at radius 2 is 1.79 bits per heavy atom. The van der Waals surface area contributed by atoms with Gasteiger partial charge in [-0.05, 0) is 59.7 Å². The van der Waals surface area contributed by atoms with Gasteiger partial charge in [-0.1, -0.05) is 36.7 Å². The van der Waals surface area contributed by atoms with E-state index >= 15 is 0 Å². The molecule has 0 aromatic heterocycles. The van der Waals surface area contributed by atoms with Crippen molar-refractivity contribution in [2.24, 2.45) is 11.8 Å². The molecule has 0 amide bonds. The number of fused-ring (bicyclic) bond motifs is 5. The maximum Gasteiger partial charge on any atom is 0.173 e. The second-order valence-corrected chi connectivity index (χ2v) is 8.23. The molecule has 4 atom stereocenters. The Labute approximate surface area is 167 Å². The number of aryl methyl sites for hydroxylation is 1. The molecule has 1 aliphatic carbocycles. The molecule has 2 aromatic rings. The molecule has 2 fully saturated rings. The summed E-state index contributed by atoms with van der Waals surface area (Å²) in [4.78, 5) is 13.2. The number of rotatable bonds is 3. The minimum Gasteiger partial charge on any atom is -0.511 e. The van der Waals surface area contributed by atoms with Crippen molar-refractivity contribution in [1.82, 2.24) is 0 Å². The minimum absolute atomic E-state index is 0.0242. The fourth-order valence-corrected chi connectivity index (χ4v) is 5.18. The molecule has 3 nitrogen and oxygen atoms in total. The van der Waals surface area contributed by atoms with Gasteiger partial charge in [0.15, 0.2) is 5.78 Å². The molecule has 5 rings (SSSR count). The van der Waals surface area contributed by atoms with Gasteiger partial charge in [0, 0.05) is 0 Å². The van der Waals surface area contributed by atoms with E-state index in [0.29, 0.717) is 11.1 Å². The van der Waals surface area contributed by atoms with E-state index in [4.69, 9.17) is 16.3 Å². The zero-order valence-corrected chi connectivity index (χ0v) is 16.2. The van der Waals surface area contributed by atoms with Crippen molar-refractivity contribution in [3.05, 3.63) is 64.1 Å². The number of aliphatic hydroxyl groups excluding tert-OH is 1. The quantitative estimate of drug-likeness (QED) is 0.757. The first kappa shape index (κ1) is 17.9. The van der Waals surface area contributed by atoms with E-state index in [1.54, 1.807) is 6.07 Å². The van der Waals surface area contributed by atoms with E-state index in [1.165, 1.54) is 12.1 Å². The normalized spacial score (nSPS) is 28.3. The molecule has 0 spiro atoms. The van der Waals surface area contributed by atoms with E-state index in [0.717, 1.165) is 36.0 Å². The summed E-state index contributed by atoms with van der Waals surface area (Å²) in [7, 11) is 0. The number of ether oxygens (including phenoxy) is 1. The molecule has 1 N–H and O–H groups in total. The lowest BCUT2D eigenvalue weighted by atomic mass is 9.80. The standard InChI is InChI=1S/C23H20ClFO3/c1-2-11-3-4-12(13-5-6-15(24)16(25)10-13)9-14(11)19-22(26)20-17-7-8-18(28-17)21(20)23(19)27/h3-6,9-10,17-18,20-21,26H,2,7-8H2,1H3/t17-,18+,20-,21+/m1/s1. The summed E-state index contributed by atoms with van der Waals surface area (Å²) in [5.74, 6) is -0.833. The molecule has 2 aromatic carbocycles. The van der Waals surface area contributed by atoms with Crippen molar-refractivity contribution >= 4 is 23.0 Å². The highest BCUT2D eigenvalue weighted by Gasteiger charge is 2.59. The van der Waals surface area contributed by atoms with E-state index in [-0.39, 0.29) is 40.6 Å². The molecule has 2 aliphatic heterocycles. The molecule has 3 aliphatic rings. The predicted octanol–water partition coefficient (Wildman–Crippen LogP) is 5.35. The fourth-order valence-electron chi connectivity index (χ4n) is 5.06. The third-order valence-electron chi connectivity index (χ3n) is 6.41. The van der Waals surface area contributed by atoms with Gasteiger partial charge in [-0.3, -0.25) is 4.79 Å². The highest BCUT2D eigenvalue weighted by Crippen LogP contribution is 2.54. The average molecular weight is 399 g/mol. The average Bonchev–Trinajstić information content (AvgIpc) is 3.37. The smallest absolute Gasteiger partial charge is 0.173 e. The van der Waals surface area contributed by atoms with Crippen LogP contribution < -0.4 is 0 Å². The van der Waals surface area contributed by atoms with E-state index in [9.17, 15) is 14.3 Å². The van der Waals surface area contributed by atoms with Crippen molar-refractivity contribution in [3.63, 3.8) is 0 Å². The molecular formula is C23H20ClFO3. The van der Waals surface area contributed by atoms with Crippen LogP contribution in [0.2, 0.25) is 5.02 Å². The largest absolute Gasteiger partial charge is 0.511 e. The van der Waals surface area contributed by atoms with Gasteiger partial charge in [-0.25, -0.2) is 4.39 Å². The number of ketones is 1. The lowest BCUT2D eigenvalue weighted by molar-refractivity contribution is -0.118. The van der Waals surface area contributed by atoms with Gasteiger partial charge >= 0.3 is 0 Å². The number of hydrogen-bond donors (Lipinski definition) is 1. The highest BCUT2D eigenvalue weighted by molar-refractivity contribution is 6.30. The molecule has 0 radical (unpaired) electrons. The predicted molar refractivity (Wildman–Crippen MR) is 106 cm³/mol. The number of carbonyl (C=O) groups is 1. The monoisotopic (exact) mass is 398 g/mol. The summed E-state index contributed by atoms with van der Waals surface area (Å²) >= 11 is 5.80. The fraction of sp³-hybridized carbons (Fsp3) is 0.348. The Balaban J connectivity index is 1.63. The molecule has 144 valence electrons. The molecular weight excluding hydrogens is 379 g/mol. The van der Waals surface area contributed by atoms with Gasteiger partial charge in [0.2, 0.25) is 0 Å². The van der Waals surface area contributed by atoms with Gasteiger partial charge in [-0.2, -0.15) is 0 Å². The van der Waals surface area contributed by atoms with Crippen LogP contribution in [0, 0.1) is 17.7 Å². The summed E-state index contributed by atoms with van der Waals surface area (Å²) in [5, 5.41) is 11.0. The van der Waals surface area contributed by atoms with Gasteiger partial charge in [0.05, 0.1) is 34.6 Å². The van der Waals surface area contributed by atoms with Crippen molar-refractivity contribution < 1.29 is 19.0 Å². The van der Waals surface area contributed by atoms with E-state index < -0.39 is 5.82 Å². The summed E-state index contributed by atoms with van der Waals surface area (Å²) in [6.07, 6.45) is 2.35. The van der Waals surface area contributed by atoms with Crippen molar-refractivity contribution in [1.29, 1.82) is 0 Å². The second kappa shape index (κ2) is 6.43. The number of aliphatic hydroxyl groups is 1. The summed E-state index contributed by atoms with van der Waals surface area (Å²) < 4.78 is 19.8. The van der Waals surface area contributed by atoms with Crippen LogP contribution in [0.1, 0.15) is 30.9 Å². The van der Waals surface area contributed by atoms with Crippen LogP contribution in [0.25, 0.3) is 16.7 Å². The van der Waals surface area contributed by atoms with Crippen molar-refractivity contribution in [3.8, 4) is 11.1 Å². The Morgan fingerprint density at radius 3 is 2.46 bits per heavy atom. The number of allylic oxidation sites excluding steroid dienone is 1. The topological polar surface area (TPSA) is 46.5 Å². The summed E-state index contributed by atoms with van der Waals surface area (Å²) in [5.41, 5.74) is 3.61. The Hall–Kier alpha value is -2.17. The van der Waals surface area contributed by atoms with E-state index in [1.807, 2.05) is 25.1 Å². The summed E-state index contributed by atoms with van der Waals surface area (Å²) in [6, 6.07) is 10.4. The number of benzene rings is 2. The molecule has 0 saturated carbocycles. The van der Waals surface area contributed by atoms with Gasteiger partial charge < -0.3 is 9.84 Å². The van der Waals surface area contributed by atoms with Crippen LogP contribution in [0.4, 0.5) is 4.39 Å². The minimum atomic E-state index is -0.484.